The SMILES string of the molecule is C=C1C(=CC=C2CCC[C@]3(C)[C@@H]([C@H](C)CC[C@@H](C(=O)C(C)(C)C)C4(c5ncc(CCCC)o5)CC4)CC[C@@H]23)C[C@@H](O)C[C@@H]1O. The van der Waals surface area contributed by atoms with Gasteiger partial charge in [0.25, 0.3) is 0 Å². The van der Waals surface area contributed by atoms with Gasteiger partial charge in [0.15, 0.2) is 0 Å². The fourth-order valence-corrected chi connectivity index (χ4v) is 9.34. The molecular formula is C39H59NO4. The van der Waals surface area contributed by atoms with E-state index in [-0.39, 0.29) is 16.7 Å². The Morgan fingerprint density at radius 2 is 1.93 bits per heavy atom. The molecule has 0 saturated heterocycles. The Morgan fingerprint density at radius 1 is 1.18 bits per heavy atom. The number of aromatic nitrogens is 1. The molecule has 5 rings (SSSR count). The predicted molar refractivity (Wildman–Crippen MR) is 177 cm³/mol. The molecule has 4 fully saturated rings. The normalized spacial score (nSPS) is 33.4. The Morgan fingerprint density at radius 3 is 2.61 bits per heavy atom. The number of allylic oxidation sites excluding steroid dienone is 3. The molecule has 4 saturated carbocycles. The molecular weight excluding hydrogens is 546 g/mol. The highest BCUT2D eigenvalue weighted by Crippen LogP contribution is 2.61. The summed E-state index contributed by atoms with van der Waals surface area (Å²) in [6.45, 7) is 17.5. The van der Waals surface area contributed by atoms with Gasteiger partial charge in [-0.3, -0.25) is 4.79 Å². The summed E-state index contributed by atoms with van der Waals surface area (Å²) in [4.78, 5) is 18.8. The molecule has 0 unspecified atom stereocenters. The third kappa shape index (κ3) is 6.61. The first-order chi connectivity index (χ1) is 20.8. The molecule has 0 bridgehead atoms. The van der Waals surface area contributed by atoms with Crippen LogP contribution < -0.4 is 0 Å². The van der Waals surface area contributed by atoms with Crippen LogP contribution in [0.3, 0.4) is 0 Å². The monoisotopic (exact) mass is 605 g/mol. The van der Waals surface area contributed by atoms with E-state index in [0.29, 0.717) is 36.4 Å². The molecule has 7 atom stereocenters. The third-order valence-corrected chi connectivity index (χ3v) is 12.2. The molecule has 5 nitrogen and oxygen atoms in total. The second-order valence-corrected chi connectivity index (χ2v) is 16.3. The van der Waals surface area contributed by atoms with Gasteiger partial charge in [-0.1, -0.05) is 72.3 Å². The summed E-state index contributed by atoms with van der Waals surface area (Å²) in [6.07, 6.45) is 19.3. The van der Waals surface area contributed by atoms with Crippen molar-refractivity contribution in [2.45, 2.75) is 149 Å². The number of unbranched alkanes of at least 4 members (excludes halogenated alkanes) is 1. The van der Waals surface area contributed by atoms with Crippen molar-refractivity contribution in [1.82, 2.24) is 4.98 Å². The molecule has 4 aliphatic carbocycles. The first kappa shape index (κ1) is 33.4. The number of oxazole rings is 1. The molecule has 5 heteroatoms. The van der Waals surface area contributed by atoms with Crippen LogP contribution in [0.15, 0.2) is 46.1 Å². The lowest BCUT2D eigenvalue weighted by Gasteiger charge is -2.44. The van der Waals surface area contributed by atoms with Gasteiger partial charge in [0.05, 0.1) is 23.8 Å². The number of ketones is 1. The van der Waals surface area contributed by atoms with Gasteiger partial charge in [-0.25, -0.2) is 4.98 Å². The fourth-order valence-electron chi connectivity index (χ4n) is 9.34. The minimum Gasteiger partial charge on any atom is -0.445 e. The lowest BCUT2D eigenvalue weighted by molar-refractivity contribution is -0.132. The first-order valence-electron chi connectivity index (χ1n) is 17.7. The van der Waals surface area contributed by atoms with E-state index >= 15 is 0 Å². The van der Waals surface area contributed by atoms with Crippen LogP contribution in [-0.2, 0) is 16.6 Å². The number of carbonyl (C=O) groups is 1. The van der Waals surface area contributed by atoms with Crippen molar-refractivity contribution >= 4 is 5.78 Å². The van der Waals surface area contributed by atoms with Gasteiger partial charge in [-0.2, -0.15) is 0 Å². The van der Waals surface area contributed by atoms with Gasteiger partial charge in [-0.05, 0) is 105 Å². The Kier molecular flexibility index (Phi) is 9.88. The number of aliphatic hydroxyl groups excluding tert-OH is 2. The van der Waals surface area contributed by atoms with Crippen LogP contribution in [-0.4, -0.2) is 33.2 Å². The summed E-state index contributed by atoms with van der Waals surface area (Å²) >= 11 is 0. The van der Waals surface area contributed by atoms with Crippen molar-refractivity contribution < 1.29 is 19.4 Å². The van der Waals surface area contributed by atoms with Crippen molar-refractivity contribution in [2.75, 3.05) is 0 Å². The molecule has 1 aromatic heterocycles. The number of Topliss-reactive ketones (excluding diaryl/α,β-unsaturated/α-hetero) is 1. The minimum atomic E-state index is -0.646. The van der Waals surface area contributed by atoms with Crippen LogP contribution in [0.4, 0.5) is 0 Å². The highest BCUT2D eigenvalue weighted by Gasteiger charge is 2.58. The number of carbonyl (C=O) groups excluding carboxylic acids is 1. The molecule has 0 spiro atoms. The van der Waals surface area contributed by atoms with Crippen LogP contribution in [0.25, 0.3) is 0 Å². The molecule has 0 amide bonds. The van der Waals surface area contributed by atoms with Crippen LogP contribution in [0, 0.1) is 34.5 Å². The molecule has 2 N–H and O–H groups in total. The van der Waals surface area contributed by atoms with Crippen molar-refractivity contribution in [3.63, 3.8) is 0 Å². The van der Waals surface area contributed by atoms with Crippen LogP contribution in [0.2, 0.25) is 0 Å². The van der Waals surface area contributed by atoms with Crippen LogP contribution in [0.1, 0.15) is 137 Å². The second kappa shape index (κ2) is 13.0. The molecule has 1 aromatic rings. The lowest BCUT2D eigenvalue weighted by atomic mass is 9.60. The number of rotatable bonds is 11. The topological polar surface area (TPSA) is 83.6 Å². The second-order valence-electron chi connectivity index (χ2n) is 16.3. The molecule has 0 aromatic carbocycles. The van der Waals surface area contributed by atoms with Crippen molar-refractivity contribution in [2.24, 2.45) is 34.5 Å². The maximum atomic E-state index is 14.0. The van der Waals surface area contributed by atoms with Gasteiger partial charge in [0.2, 0.25) is 5.89 Å². The summed E-state index contributed by atoms with van der Waals surface area (Å²) in [6, 6.07) is 0. The number of fused-ring (bicyclic) bond motifs is 1. The van der Waals surface area contributed by atoms with Crippen molar-refractivity contribution in [3.8, 4) is 0 Å². The van der Waals surface area contributed by atoms with E-state index in [2.05, 4.69) is 60.3 Å². The van der Waals surface area contributed by atoms with Crippen molar-refractivity contribution in [3.05, 3.63) is 53.3 Å². The van der Waals surface area contributed by atoms with E-state index in [4.69, 9.17) is 9.40 Å². The molecule has 0 radical (unpaired) electrons. The standard InChI is InChI=1S/C39H59NO4/c1-8-9-12-30-24-40-36(44-30)39(20-21-39)33(35(43)37(4,5)6)16-13-25(2)31-17-18-32-27(11-10-19-38(31,32)7)14-15-28-22-29(41)23-34(42)26(28)3/h14-15,24-25,29,31-34,41-42H,3,8-13,16-23H2,1-2,4-7H3/t25-,29-,31-,32+,33+,34+,38-/m1/s1. The van der Waals surface area contributed by atoms with Crippen LogP contribution >= 0.6 is 0 Å². The summed E-state index contributed by atoms with van der Waals surface area (Å²) in [5.41, 5.74) is 2.93. The highest BCUT2D eigenvalue weighted by atomic mass is 16.4. The summed E-state index contributed by atoms with van der Waals surface area (Å²) in [5, 5.41) is 20.5. The molecule has 244 valence electrons. The van der Waals surface area contributed by atoms with Crippen LogP contribution in [0.5, 0.6) is 0 Å². The van der Waals surface area contributed by atoms with E-state index in [0.717, 1.165) is 74.2 Å². The average molecular weight is 606 g/mol. The zero-order valence-electron chi connectivity index (χ0n) is 28.5. The van der Waals surface area contributed by atoms with Gasteiger partial charge >= 0.3 is 0 Å². The van der Waals surface area contributed by atoms with E-state index in [1.807, 2.05) is 6.20 Å². The largest absolute Gasteiger partial charge is 0.445 e. The van der Waals surface area contributed by atoms with Gasteiger partial charge < -0.3 is 14.6 Å². The number of aryl methyl sites for hydroxylation is 1. The maximum absolute atomic E-state index is 14.0. The Labute approximate surface area is 266 Å². The summed E-state index contributed by atoms with van der Waals surface area (Å²) in [7, 11) is 0. The number of hydrogen-bond donors (Lipinski definition) is 2. The number of hydrogen-bond acceptors (Lipinski definition) is 5. The Balaban J connectivity index is 1.30. The van der Waals surface area contributed by atoms with E-state index in [1.54, 1.807) is 0 Å². The molecule has 0 aliphatic heterocycles. The van der Waals surface area contributed by atoms with Gasteiger partial charge in [-0.15, -0.1) is 0 Å². The Bertz CT molecular complexity index is 1260. The van der Waals surface area contributed by atoms with E-state index in [1.165, 1.54) is 31.3 Å². The molecule has 1 heterocycles. The number of nitrogens with zero attached hydrogens (tertiary/aromatic N) is 1. The zero-order chi connectivity index (χ0) is 31.9. The quantitative estimate of drug-likeness (QED) is 0.263. The lowest BCUT2D eigenvalue weighted by Crippen LogP contribution is -2.38. The molecule has 4 aliphatic rings. The third-order valence-electron chi connectivity index (χ3n) is 12.2. The van der Waals surface area contributed by atoms with E-state index in [9.17, 15) is 15.0 Å². The minimum absolute atomic E-state index is 0.0460. The summed E-state index contributed by atoms with van der Waals surface area (Å²) in [5.74, 6) is 3.84. The van der Waals surface area contributed by atoms with Gasteiger partial charge in [0.1, 0.15) is 11.5 Å². The van der Waals surface area contributed by atoms with E-state index < -0.39 is 17.6 Å². The van der Waals surface area contributed by atoms with Crippen molar-refractivity contribution in [1.29, 1.82) is 0 Å². The zero-order valence-corrected chi connectivity index (χ0v) is 28.5. The first-order valence-corrected chi connectivity index (χ1v) is 17.7. The number of aliphatic hydroxyl groups is 2. The summed E-state index contributed by atoms with van der Waals surface area (Å²) < 4.78 is 6.34. The predicted octanol–water partition coefficient (Wildman–Crippen LogP) is 8.84. The maximum Gasteiger partial charge on any atom is 0.201 e. The van der Waals surface area contributed by atoms with Gasteiger partial charge in [0, 0.05) is 24.2 Å². The highest BCUT2D eigenvalue weighted by molar-refractivity contribution is 5.87. The smallest absolute Gasteiger partial charge is 0.201 e. The average Bonchev–Trinajstić information content (AvgIpc) is 3.46. The fraction of sp³-hybridized carbons (Fsp3) is 0.744. The molecule has 44 heavy (non-hydrogen) atoms. The Hall–Kier alpha value is -1.98.